The summed E-state index contributed by atoms with van der Waals surface area (Å²) in [6.45, 7) is 13.8. The van der Waals surface area contributed by atoms with Crippen LogP contribution in [0.2, 0.25) is 0 Å². The van der Waals surface area contributed by atoms with Crippen LogP contribution < -0.4 is 5.32 Å². The molecule has 0 bridgehead atoms. The summed E-state index contributed by atoms with van der Waals surface area (Å²) < 4.78 is 7.71. The molecular formula is C29H45N3O3. The van der Waals surface area contributed by atoms with Gasteiger partial charge in [0.1, 0.15) is 5.78 Å². The van der Waals surface area contributed by atoms with Gasteiger partial charge in [0.25, 0.3) is 5.91 Å². The summed E-state index contributed by atoms with van der Waals surface area (Å²) in [5, 5.41) is 8.05. The molecule has 1 spiro atoms. The van der Waals surface area contributed by atoms with Crippen molar-refractivity contribution in [1.29, 1.82) is 0 Å². The summed E-state index contributed by atoms with van der Waals surface area (Å²) in [6, 6.07) is 0. The van der Waals surface area contributed by atoms with E-state index in [4.69, 9.17) is 9.84 Å². The lowest BCUT2D eigenvalue weighted by molar-refractivity contribution is -0.124. The van der Waals surface area contributed by atoms with Crippen molar-refractivity contribution in [3.8, 4) is 0 Å². The second kappa shape index (κ2) is 11.4. The number of carbonyl (C=O) groups is 2. The number of ketones is 1. The van der Waals surface area contributed by atoms with Crippen molar-refractivity contribution in [3.63, 3.8) is 0 Å². The predicted molar refractivity (Wildman–Crippen MR) is 138 cm³/mol. The minimum atomic E-state index is 0.0245. The standard InChI is InChI=1S/C29H45N3O3/c1-5-24-27-25(18-29(19-30-28(27)34)12-15-35-16-13-29)32(31-24)14-7-6-11-26(33)23-10-8-9-22(17-23)21(4)20(2)3/h20,22-23H,4-19H2,1-3H3,(H,30,34). The van der Waals surface area contributed by atoms with Crippen LogP contribution in [0.25, 0.3) is 0 Å². The number of aromatic nitrogens is 2. The number of nitrogens with one attached hydrogen (secondary N) is 1. The molecule has 0 radical (unpaired) electrons. The maximum Gasteiger partial charge on any atom is 0.255 e. The quantitative estimate of drug-likeness (QED) is 0.383. The molecule has 0 aromatic carbocycles. The van der Waals surface area contributed by atoms with Gasteiger partial charge in [-0.2, -0.15) is 5.10 Å². The zero-order valence-electron chi connectivity index (χ0n) is 22.2. The largest absolute Gasteiger partial charge is 0.381 e. The number of rotatable bonds is 9. The van der Waals surface area contributed by atoms with Crippen molar-refractivity contribution >= 4 is 11.7 Å². The fourth-order valence-corrected chi connectivity index (χ4v) is 6.41. The van der Waals surface area contributed by atoms with Crippen LogP contribution in [0.4, 0.5) is 0 Å². The fourth-order valence-electron chi connectivity index (χ4n) is 6.41. The maximum absolute atomic E-state index is 13.0. The van der Waals surface area contributed by atoms with Crippen LogP contribution in [-0.4, -0.2) is 41.2 Å². The smallest absolute Gasteiger partial charge is 0.255 e. The van der Waals surface area contributed by atoms with Gasteiger partial charge in [-0.3, -0.25) is 14.3 Å². The Labute approximate surface area is 211 Å². The minimum absolute atomic E-state index is 0.0245. The molecule has 1 aliphatic carbocycles. The average Bonchev–Trinajstić information content (AvgIpc) is 3.15. The number of carbonyl (C=O) groups excluding carboxylic acids is 2. The molecule has 2 fully saturated rings. The molecule has 2 atom stereocenters. The molecular weight excluding hydrogens is 438 g/mol. The van der Waals surface area contributed by atoms with Crippen molar-refractivity contribution in [2.75, 3.05) is 19.8 Å². The highest BCUT2D eigenvalue weighted by atomic mass is 16.5. The molecule has 3 heterocycles. The molecule has 2 unspecified atom stereocenters. The van der Waals surface area contributed by atoms with Crippen LogP contribution in [0.1, 0.15) is 100 Å². The van der Waals surface area contributed by atoms with E-state index in [1.165, 1.54) is 12.0 Å². The maximum atomic E-state index is 13.0. The Morgan fingerprint density at radius 1 is 1.23 bits per heavy atom. The third-order valence-corrected chi connectivity index (χ3v) is 8.85. The van der Waals surface area contributed by atoms with E-state index in [0.29, 0.717) is 30.6 Å². The van der Waals surface area contributed by atoms with Gasteiger partial charge in [0.05, 0.1) is 17.0 Å². The van der Waals surface area contributed by atoms with Gasteiger partial charge in [-0.1, -0.05) is 39.3 Å². The highest BCUT2D eigenvalue weighted by Gasteiger charge is 2.39. The molecule has 1 N–H and O–H groups in total. The van der Waals surface area contributed by atoms with Gasteiger partial charge in [-0.05, 0) is 75.0 Å². The summed E-state index contributed by atoms with van der Waals surface area (Å²) in [6.07, 6.45) is 10.4. The van der Waals surface area contributed by atoms with E-state index in [1.807, 2.05) is 0 Å². The fraction of sp³-hybridized carbons (Fsp3) is 0.759. The Hall–Kier alpha value is -1.95. The molecule has 3 aliphatic rings. The molecule has 194 valence electrons. The van der Waals surface area contributed by atoms with Gasteiger partial charge in [0, 0.05) is 38.6 Å². The second-order valence-corrected chi connectivity index (χ2v) is 11.5. The Morgan fingerprint density at radius 3 is 2.69 bits per heavy atom. The number of aryl methyl sites for hydroxylation is 2. The van der Waals surface area contributed by atoms with Crippen LogP contribution in [-0.2, 0) is 28.9 Å². The van der Waals surface area contributed by atoms with Gasteiger partial charge in [0.2, 0.25) is 0 Å². The van der Waals surface area contributed by atoms with Crippen LogP contribution in [0.5, 0.6) is 0 Å². The van der Waals surface area contributed by atoms with Crippen LogP contribution in [0.15, 0.2) is 12.2 Å². The molecule has 1 saturated heterocycles. The lowest BCUT2D eigenvalue weighted by Crippen LogP contribution is -2.40. The van der Waals surface area contributed by atoms with Crippen molar-refractivity contribution in [2.45, 2.75) is 97.9 Å². The van der Waals surface area contributed by atoms with E-state index >= 15 is 0 Å². The number of nitrogens with zero attached hydrogens (tertiary/aromatic N) is 2. The van der Waals surface area contributed by atoms with Crippen molar-refractivity contribution in [3.05, 3.63) is 29.1 Å². The van der Waals surface area contributed by atoms with Gasteiger partial charge in [-0.15, -0.1) is 0 Å². The van der Waals surface area contributed by atoms with Crippen molar-refractivity contribution in [1.82, 2.24) is 15.1 Å². The molecule has 1 aromatic heterocycles. The number of hydrogen-bond donors (Lipinski definition) is 1. The van der Waals surface area contributed by atoms with Crippen molar-refractivity contribution in [2.24, 2.45) is 23.2 Å². The predicted octanol–water partition coefficient (Wildman–Crippen LogP) is 5.29. The number of amides is 1. The summed E-state index contributed by atoms with van der Waals surface area (Å²) in [4.78, 5) is 26.0. The first-order chi connectivity index (χ1) is 16.8. The van der Waals surface area contributed by atoms with E-state index in [1.54, 1.807) is 0 Å². The number of ether oxygens (including phenoxy) is 1. The van der Waals surface area contributed by atoms with E-state index in [9.17, 15) is 9.59 Å². The number of Topliss-reactive ketones (excluding diaryl/α,β-unsaturated/α-hetero) is 1. The summed E-state index contributed by atoms with van der Waals surface area (Å²) in [5.74, 6) is 1.66. The van der Waals surface area contributed by atoms with E-state index in [0.717, 1.165) is 94.5 Å². The first-order valence-electron chi connectivity index (χ1n) is 14.0. The Kier molecular flexibility index (Phi) is 8.51. The normalized spacial score (nSPS) is 24.2. The molecule has 6 nitrogen and oxygen atoms in total. The van der Waals surface area contributed by atoms with Crippen LogP contribution in [0, 0.1) is 23.2 Å². The first-order valence-corrected chi connectivity index (χ1v) is 14.0. The van der Waals surface area contributed by atoms with Gasteiger partial charge < -0.3 is 10.1 Å². The minimum Gasteiger partial charge on any atom is -0.381 e. The molecule has 6 heteroatoms. The summed E-state index contributed by atoms with van der Waals surface area (Å²) in [7, 11) is 0. The first kappa shape index (κ1) is 26.1. The highest BCUT2D eigenvalue weighted by molar-refractivity contribution is 5.97. The van der Waals surface area contributed by atoms with E-state index in [2.05, 4.69) is 37.3 Å². The third-order valence-electron chi connectivity index (χ3n) is 8.85. The number of fused-ring (bicyclic) bond motifs is 1. The van der Waals surface area contributed by atoms with E-state index in [-0.39, 0.29) is 17.2 Å². The zero-order valence-corrected chi connectivity index (χ0v) is 22.2. The topological polar surface area (TPSA) is 73.2 Å². The lowest BCUT2D eigenvalue weighted by atomic mass is 9.73. The summed E-state index contributed by atoms with van der Waals surface area (Å²) >= 11 is 0. The number of hydrogen-bond acceptors (Lipinski definition) is 4. The number of allylic oxidation sites excluding steroid dienone is 1. The Morgan fingerprint density at radius 2 is 1.97 bits per heavy atom. The molecule has 35 heavy (non-hydrogen) atoms. The second-order valence-electron chi connectivity index (χ2n) is 11.5. The average molecular weight is 484 g/mol. The van der Waals surface area contributed by atoms with Crippen LogP contribution in [0.3, 0.4) is 0 Å². The molecule has 1 aromatic rings. The molecule has 1 saturated carbocycles. The zero-order chi connectivity index (χ0) is 25.0. The SMILES string of the molecule is C=C(C(C)C)C1CCCC(C(=O)CCCCn2nc(CC)c3c2CC2(CCOCC2)CNC3=O)C1. The van der Waals surface area contributed by atoms with Crippen LogP contribution >= 0.6 is 0 Å². The van der Waals surface area contributed by atoms with Gasteiger partial charge >= 0.3 is 0 Å². The van der Waals surface area contributed by atoms with E-state index < -0.39 is 0 Å². The van der Waals surface area contributed by atoms with Gasteiger partial charge in [-0.25, -0.2) is 0 Å². The lowest BCUT2D eigenvalue weighted by Gasteiger charge is -2.36. The van der Waals surface area contributed by atoms with Crippen molar-refractivity contribution < 1.29 is 14.3 Å². The highest BCUT2D eigenvalue weighted by Crippen LogP contribution is 2.38. The third kappa shape index (κ3) is 5.90. The Bertz CT molecular complexity index is 926. The summed E-state index contributed by atoms with van der Waals surface area (Å²) in [5.41, 5.74) is 4.17. The molecule has 4 rings (SSSR count). The Balaban J connectivity index is 1.36. The number of unbranched alkanes of at least 4 members (excludes halogenated alkanes) is 1. The molecule has 2 aliphatic heterocycles. The van der Waals surface area contributed by atoms with Gasteiger partial charge in [0.15, 0.2) is 0 Å². The molecule has 1 amide bonds. The monoisotopic (exact) mass is 483 g/mol.